The van der Waals surface area contributed by atoms with Crippen LogP contribution in [0, 0.1) is 11.6 Å². The number of benzene rings is 2. The summed E-state index contributed by atoms with van der Waals surface area (Å²) in [6.07, 6.45) is 8.92. The number of aromatic amines is 2. The van der Waals surface area contributed by atoms with Crippen molar-refractivity contribution in [2.75, 3.05) is 45.6 Å². The summed E-state index contributed by atoms with van der Waals surface area (Å²) in [4.78, 5) is 21.7. The molecule has 1 saturated heterocycles. The summed E-state index contributed by atoms with van der Waals surface area (Å²) < 4.78 is 30.1. The first-order valence-corrected chi connectivity index (χ1v) is 15.3. The molecule has 1 aliphatic heterocycles. The van der Waals surface area contributed by atoms with Crippen LogP contribution in [0.15, 0.2) is 61.1 Å². The van der Waals surface area contributed by atoms with Crippen LogP contribution in [0.25, 0.3) is 55.8 Å². The predicted molar refractivity (Wildman–Crippen MR) is 174 cm³/mol. The maximum Gasteiger partial charge on any atom is 0.159 e. The number of nitrogens with zero attached hydrogens (tertiary/aromatic N) is 6. The Labute approximate surface area is 259 Å². The second-order valence-electron chi connectivity index (χ2n) is 12.0. The van der Waals surface area contributed by atoms with Crippen LogP contribution < -0.4 is 5.32 Å². The fraction of sp³-hybridized carbons (Fsp3) is 0.294. The second kappa shape index (κ2) is 12.3. The van der Waals surface area contributed by atoms with Crippen LogP contribution in [-0.4, -0.2) is 80.2 Å². The van der Waals surface area contributed by atoms with Crippen LogP contribution in [0.3, 0.4) is 0 Å². The van der Waals surface area contributed by atoms with E-state index in [2.05, 4.69) is 40.3 Å². The number of piperidine rings is 1. The highest BCUT2D eigenvalue weighted by Crippen LogP contribution is 2.34. The molecule has 5 heterocycles. The third-order valence-electron chi connectivity index (χ3n) is 8.30. The molecule has 230 valence electrons. The molecule has 0 bridgehead atoms. The van der Waals surface area contributed by atoms with E-state index < -0.39 is 0 Å². The van der Waals surface area contributed by atoms with Crippen molar-refractivity contribution in [3.63, 3.8) is 0 Å². The monoisotopic (exact) mass is 607 g/mol. The van der Waals surface area contributed by atoms with Crippen LogP contribution in [0.4, 0.5) is 14.5 Å². The van der Waals surface area contributed by atoms with E-state index in [1.807, 2.05) is 38.5 Å². The van der Waals surface area contributed by atoms with Gasteiger partial charge in [0.05, 0.1) is 16.7 Å². The van der Waals surface area contributed by atoms with Gasteiger partial charge < -0.3 is 15.2 Å². The van der Waals surface area contributed by atoms with Gasteiger partial charge in [-0.3, -0.25) is 20.0 Å². The number of hydrogen-bond donors (Lipinski definition) is 3. The standard InChI is InChI=1S/C34H35F2N9/c1-44(2)11-8-38-25-14-22(13-24(35)15-25)31-33-29(6-7-39-31)40-34(41-33)32-27-16-26(28(36)17-30(27)42-43-32)23-12-21(18-37-19-23)20-45-9-4-3-5-10-45/h6-7,12-19,38H,3-5,8-11,20H2,1-2H3,(H,40,41)(H,42,43). The fourth-order valence-corrected chi connectivity index (χ4v) is 6.05. The summed E-state index contributed by atoms with van der Waals surface area (Å²) in [5, 5.41) is 11.5. The molecule has 0 unspecified atom stereocenters. The Kier molecular flexibility index (Phi) is 7.95. The molecule has 1 fully saturated rings. The highest BCUT2D eigenvalue weighted by molar-refractivity contribution is 5.97. The fourth-order valence-electron chi connectivity index (χ4n) is 6.05. The quantitative estimate of drug-likeness (QED) is 0.173. The van der Waals surface area contributed by atoms with Gasteiger partial charge >= 0.3 is 0 Å². The number of aromatic nitrogens is 6. The predicted octanol–water partition coefficient (Wildman–Crippen LogP) is 6.47. The normalized spacial score (nSPS) is 14.2. The topological polar surface area (TPSA) is 102 Å². The minimum atomic E-state index is -0.364. The van der Waals surface area contributed by atoms with Crippen LogP contribution in [0.1, 0.15) is 24.8 Å². The molecule has 7 rings (SSSR count). The molecule has 9 nitrogen and oxygen atoms in total. The molecule has 2 aromatic carbocycles. The van der Waals surface area contributed by atoms with Gasteiger partial charge in [0.2, 0.25) is 0 Å². The zero-order valence-electron chi connectivity index (χ0n) is 25.4. The Bertz CT molecular complexity index is 1970. The van der Waals surface area contributed by atoms with Crippen LogP contribution in [0.5, 0.6) is 0 Å². The number of likely N-dealkylation sites (tertiary alicyclic amines) is 1. The number of anilines is 1. The number of rotatable bonds is 9. The van der Waals surface area contributed by atoms with E-state index in [0.29, 0.717) is 57.2 Å². The Morgan fingerprint density at radius 2 is 1.80 bits per heavy atom. The average Bonchev–Trinajstić information content (AvgIpc) is 3.64. The molecule has 0 saturated carbocycles. The van der Waals surface area contributed by atoms with Gasteiger partial charge in [0, 0.05) is 72.1 Å². The van der Waals surface area contributed by atoms with Gasteiger partial charge in [-0.1, -0.05) is 6.42 Å². The number of halogens is 2. The average molecular weight is 608 g/mol. The molecule has 11 heteroatoms. The highest BCUT2D eigenvalue weighted by Gasteiger charge is 2.19. The number of likely N-dealkylation sites (N-methyl/N-ethyl adjacent to an activating group) is 1. The van der Waals surface area contributed by atoms with E-state index >= 15 is 4.39 Å². The van der Waals surface area contributed by atoms with Gasteiger partial charge in [0.1, 0.15) is 22.8 Å². The smallest absolute Gasteiger partial charge is 0.159 e. The highest BCUT2D eigenvalue weighted by atomic mass is 19.1. The number of hydrogen-bond acceptors (Lipinski definition) is 7. The molecule has 4 aromatic heterocycles. The zero-order chi connectivity index (χ0) is 30.9. The number of pyridine rings is 2. The van der Waals surface area contributed by atoms with Crippen molar-refractivity contribution in [2.45, 2.75) is 25.8 Å². The summed E-state index contributed by atoms with van der Waals surface area (Å²) in [7, 11) is 3.98. The lowest BCUT2D eigenvalue weighted by Crippen LogP contribution is -2.29. The molecule has 0 aliphatic carbocycles. The maximum absolute atomic E-state index is 15.4. The van der Waals surface area contributed by atoms with E-state index in [1.165, 1.54) is 37.5 Å². The van der Waals surface area contributed by atoms with Crippen molar-refractivity contribution in [1.82, 2.24) is 39.9 Å². The molecule has 0 amide bonds. The molecule has 45 heavy (non-hydrogen) atoms. The summed E-state index contributed by atoms with van der Waals surface area (Å²) in [6, 6.07) is 11.9. The number of H-pyrrole nitrogens is 2. The van der Waals surface area contributed by atoms with Crippen molar-refractivity contribution in [1.29, 1.82) is 0 Å². The molecule has 0 atom stereocenters. The van der Waals surface area contributed by atoms with Gasteiger partial charge in [0.15, 0.2) is 5.82 Å². The van der Waals surface area contributed by atoms with Crippen molar-refractivity contribution >= 4 is 27.6 Å². The van der Waals surface area contributed by atoms with E-state index in [9.17, 15) is 4.39 Å². The molecular formula is C34H35F2N9. The minimum Gasteiger partial charge on any atom is -0.384 e. The lowest BCUT2D eigenvalue weighted by molar-refractivity contribution is 0.220. The molecule has 6 aromatic rings. The van der Waals surface area contributed by atoms with E-state index in [-0.39, 0.29) is 11.6 Å². The van der Waals surface area contributed by atoms with Crippen LogP contribution >= 0.6 is 0 Å². The van der Waals surface area contributed by atoms with Crippen molar-refractivity contribution in [2.24, 2.45) is 0 Å². The number of fused-ring (bicyclic) bond motifs is 2. The Morgan fingerprint density at radius 1 is 0.933 bits per heavy atom. The van der Waals surface area contributed by atoms with Crippen molar-refractivity contribution < 1.29 is 8.78 Å². The lowest BCUT2D eigenvalue weighted by atomic mass is 10.0. The lowest BCUT2D eigenvalue weighted by Gasteiger charge is -2.26. The third kappa shape index (κ3) is 6.13. The molecular weight excluding hydrogens is 572 g/mol. The summed E-state index contributed by atoms with van der Waals surface area (Å²) in [6.45, 7) is 4.44. The van der Waals surface area contributed by atoms with Gasteiger partial charge in [-0.2, -0.15) is 5.10 Å². The number of imidazole rings is 1. The van der Waals surface area contributed by atoms with Crippen molar-refractivity contribution in [3.05, 3.63) is 78.3 Å². The third-order valence-corrected chi connectivity index (χ3v) is 8.30. The molecule has 0 radical (unpaired) electrons. The van der Waals surface area contributed by atoms with Gasteiger partial charge in [-0.15, -0.1) is 0 Å². The number of nitrogens with one attached hydrogen (secondary N) is 3. The summed E-state index contributed by atoms with van der Waals surface area (Å²) in [5.41, 5.74) is 6.49. The largest absolute Gasteiger partial charge is 0.384 e. The van der Waals surface area contributed by atoms with Gasteiger partial charge in [-0.05, 0) is 82.0 Å². The summed E-state index contributed by atoms with van der Waals surface area (Å²) >= 11 is 0. The molecule has 1 aliphatic rings. The first-order valence-electron chi connectivity index (χ1n) is 15.3. The Balaban J connectivity index is 1.23. The van der Waals surface area contributed by atoms with E-state index in [0.717, 1.165) is 42.6 Å². The Hall–Kier alpha value is -4.74. The van der Waals surface area contributed by atoms with Crippen molar-refractivity contribution in [3.8, 4) is 33.9 Å². The van der Waals surface area contributed by atoms with Gasteiger partial charge in [0.25, 0.3) is 0 Å². The molecule has 0 spiro atoms. The van der Waals surface area contributed by atoms with Crippen LogP contribution in [-0.2, 0) is 6.54 Å². The van der Waals surface area contributed by atoms with E-state index in [1.54, 1.807) is 18.5 Å². The Morgan fingerprint density at radius 3 is 2.64 bits per heavy atom. The van der Waals surface area contributed by atoms with Gasteiger partial charge in [-0.25, -0.2) is 13.8 Å². The minimum absolute atomic E-state index is 0.355. The van der Waals surface area contributed by atoms with E-state index in [4.69, 9.17) is 4.98 Å². The second-order valence-corrected chi connectivity index (χ2v) is 12.0. The first-order chi connectivity index (χ1) is 21.9. The summed E-state index contributed by atoms with van der Waals surface area (Å²) in [5.74, 6) is -0.218. The SMILES string of the molecule is CN(C)CCNc1cc(F)cc(-c2nccc3[nH]c(-c4n[nH]c5cc(F)c(-c6cncc(CN7CCCCC7)c6)cc45)nc23)c1. The zero-order valence-corrected chi connectivity index (χ0v) is 25.4. The maximum atomic E-state index is 15.4. The molecule has 3 N–H and O–H groups in total. The first kappa shape index (κ1) is 29.0. The van der Waals surface area contributed by atoms with Crippen LogP contribution in [0.2, 0.25) is 0 Å².